The highest BCUT2D eigenvalue weighted by atomic mass is 35.5. The topological polar surface area (TPSA) is 17.1 Å². The van der Waals surface area contributed by atoms with Crippen molar-refractivity contribution in [1.29, 1.82) is 0 Å². The van der Waals surface area contributed by atoms with Crippen LogP contribution >= 0.6 is 11.6 Å². The Labute approximate surface area is 97.7 Å². The third-order valence-corrected chi connectivity index (χ3v) is 2.90. The molecule has 1 aromatic rings. The van der Waals surface area contributed by atoms with Crippen LogP contribution in [0.3, 0.4) is 0 Å². The summed E-state index contributed by atoms with van der Waals surface area (Å²) in [6.45, 7) is 5.03. The summed E-state index contributed by atoms with van der Waals surface area (Å²) in [7, 11) is 0. The summed E-state index contributed by atoms with van der Waals surface area (Å²) < 4.78 is 26.1. The Morgan fingerprint density at radius 3 is 2.31 bits per heavy atom. The largest absolute Gasteiger partial charge is 0.280 e. The van der Waals surface area contributed by atoms with Gasteiger partial charge in [-0.15, -0.1) is 6.58 Å². The SMILES string of the molecule is C=CCC(C)(C(=O)Cl)c1cc(F)cc(F)c1. The zero-order valence-corrected chi connectivity index (χ0v) is 9.52. The smallest absolute Gasteiger partial charge is 0.232 e. The van der Waals surface area contributed by atoms with Crippen molar-refractivity contribution in [3.8, 4) is 0 Å². The minimum Gasteiger partial charge on any atom is -0.280 e. The predicted molar refractivity (Wildman–Crippen MR) is 59.4 cm³/mol. The lowest BCUT2D eigenvalue weighted by molar-refractivity contribution is -0.116. The second kappa shape index (κ2) is 4.74. The quantitative estimate of drug-likeness (QED) is 0.585. The number of hydrogen-bond donors (Lipinski definition) is 0. The Bertz CT molecular complexity index is 411. The molecular formula is C12H11ClF2O. The lowest BCUT2D eigenvalue weighted by Crippen LogP contribution is -2.28. The molecule has 1 nitrogen and oxygen atoms in total. The van der Waals surface area contributed by atoms with Crippen LogP contribution in [-0.2, 0) is 10.2 Å². The van der Waals surface area contributed by atoms with E-state index in [2.05, 4.69) is 6.58 Å². The van der Waals surface area contributed by atoms with Gasteiger partial charge in [-0.05, 0) is 42.6 Å². The van der Waals surface area contributed by atoms with E-state index in [-0.39, 0.29) is 12.0 Å². The monoisotopic (exact) mass is 244 g/mol. The van der Waals surface area contributed by atoms with E-state index in [1.54, 1.807) is 0 Å². The molecule has 0 spiro atoms. The van der Waals surface area contributed by atoms with Gasteiger partial charge in [0.1, 0.15) is 11.6 Å². The number of hydrogen-bond acceptors (Lipinski definition) is 1. The zero-order valence-electron chi connectivity index (χ0n) is 8.77. The number of allylic oxidation sites excluding steroid dienone is 1. The van der Waals surface area contributed by atoms with E-state index in [9.17, 15) is 13.6 Å². The lowest BCUT2D eigenvalue weighted by atomic mass is 9.80. The first-order valence-electron chi connectivity index (χ1n) is 4.67. The van der Waals surface area contributed by atoms with Crippen molar-refractivity contribution in [2.45, 2.75) is 18.8 Å². The summed E-state index contributed by atoms with van der Waals surface area (Å²) in [5.41, 5.74) is -0.934. The van der Waals surface area contributed by atoms with Gasteiger partial charge in [0, 0.05) is 6.07 Å². The van der Waals surface area contributed by atoms with Gasteiger partial charge in [0.15, 0.2) is 0 Å². The standard InChI is InChI=1S/C12H11ClF2O/c1-3-4-12(2,11(13)16)8-5-9(14)7-10(15)6-8/h3,5-7H,1,4H2,2H3. The Hall–Kier alpha value is -1.22. The molecule has 0 saturated carbocycles. The molecule has 16 heavy (non-hydrogen) atoms. The highest BCUT2D eigenvalue weighted by Gasteiger charge is 2.33. The minimum absolute atomic E-state index is 0.213. The third kappa shape index (κ3) is 2.47. The molecule has 0 bridgehead atoms. The third-order valence-electron chi connectivity index (χ3n) is 2.49. The van der Waals surface area contributed by atoms with Crippen LogP contribution in [0.2, 0.25) is 0 Å². The molecule has 0 aliphatic heterocycles. The highest BCUT2D eigenvalue weighted by molar-refractivity contribution is 6.65. The molecule has 0 heterocycles. The molecule has 0 N–H and O–H groups in total. The van der Waals surface area contributed by atoms with Crippen molar-refractivity contribution in [1.82, 2.24) is 0 Å². The van der Waals surface area contributed by atoms with Gasteiger partial charge in [-0.1, -0.05) is 6.08 Å². The molecule has 1 unspecified atom stereocenters. The van der Waals surface area contributed by atoms with Crippen molar-refractivity contribution in [2.75, 3.05) is 0 Å². The number of rotatable bonds is 4. The summed E-state index contributed by atoms with van der Waals surface area (Å²) in [4.78, 5) is 11.4. The molecular weight excluding hydrogens is 234 g/mol. The Kier molecular flexibility index (Phi) is 3.81. The van der Waals surface area contributed by atoms with Crippen LogP contribution in [0.5, 0.6) is 0 Å². The van der Waals surface area contributed by atoms with Crippen molar-refractivity contribution < 1.29 is 13.6 Å². The van der Waals surface area contributed by atoms with Crippen LogP contribution in [0, 0.1) is 11.6 Å². The van der Waals surface area contributed by atoms with Gasteiger partial charge in [0.05, 0.1) is 5.41 Å². The van der Waals surface area contributed by atoms with E-state index in [1.165, 1.54) is 13.0 Å². The molecule has 0 aliphatic rings. The fraction of sp³-hybridized carbons (Fsp3) is 0.250. The zero-order chi connectivity index (χ0) is 12.3. The van der Waals surface area contributed by atoms with Crippen molar-refractivity contribution in [3.05, 3.63) is 48.1 Å². The summed E-state index contributed by atoms with van der Waals surface area (Å²) in [5.74, 6) is -1.47. The average Bonchev–Trinajstić information content (AvgIpc) is 2.16. The minimum atomic E-state index is -1.15. The second-order valence-electron chi connectivity index (χ2n) is 3.76. The number of halogens is 3. The molecule has 1 aromatic carbocycles. The molecule has 0 saturated heterocycles. The van der Waals surface area contributed by atoms with Crippen LogP contribution in [0.25, 0.3) is 0 Å². The van der Waals surface area contributed by atoms with Gasteiger partial charge in [-0.25, -0.2) is 8.78 Å². The molecule has 86 valence electrons. The molecule has 1 atom stereocenters. The fourth-order valence-corrected chi connectivity index (χ4v) is 1.66. The van der Waals surface area contributed by atoms with Gasteiger partial charge < -0.3 is 0 Å². The van der Waals surface area contributed by atoms with Gasteiger partial charge >= 0.3 is 0 Å². The van der Waals surface area contributed by atoms with Crippen LogP contribution in [-0.4, -0.2) is 5.24 Å². The molecule has 0 aromatic heterocycles. The average molecular weight is 245 g/mol. The summed E-state index contributed by atoms with van der Waals surface area (Å²) in [6, 6.07) is 2.95. The maximum atomic E-state index is 13.0. The van der Waals surface area contributed by atoms with Crippen LogP contribution in [0.15, 0.2) is 30.9 Å². The van der Waals surface area contributed by atoms with E-state index in [0.717, 1.165) is 18.2 Å². The number of carbonyl (C=O) groups excluding carboxylic acids is 1. The van der Waals surface area contributed by atoms with Crippen molar-refractivity contribution >= 4 is 16.8 Å². The first-order valence-corrected chi connectivity index (χ1v) is 5.05. The van der Waals surface area contributed by atoms with E-state index >= 15 is 0 Å². The van der Waals surface area contributed by atoms with E-state index < -0.39 is 22.3 Å². The van der Waals surface area contributed by atoms with Crippen molar-refractivity contribution in [2.24, 2.45) is 0 Å². The Morgan fingerprint density at radius 2 is 1.94 bits per heavy atom. The maximum Gasteiger partial charge on any atom is 0.232 e. The van der Waals surface area contributed by atoms with Crippen LogP contribution < -0.4 is 0 Å². The van der Waals surface area contributed by atoms with Gasteiger partial charge in [0.25, 0.3) is 0 Å². The van der Waals surface area contributed by atoms with E-state index in [1.807, 2.05) is 0 Å². The molecule has 4 heteroatoms. The summed E-state index contributed by atoms with van der Waals surface area (Å²) in [5, 5.41) is -0.669. The summed E-state index contributed by atoms with van der Waals surface area (Å²) >= 11 is 5.47. The molecule has 0 amide bonds. The predicted octanol–water partition coefficient (Wildman–Crippen LogP) is 3.56. The van der Waals surface area contributed by atoms with Crippen LogP contribution in [0.4, 0.5) is 8.78 Å². The Morgan fingerprint density at radius 1 is 1.44 bits per heavy atom. The van der Waals surface area contributed by atoms with E-state index in [4.69, 9.17) is 11.6 Å². The fourth-order valence-electron chi connectivity index (χ4n) is 1.47. The Balaban J connectivity index is 3.31. The normalized spacial score (nSPS) is 14.2. The molecule has 0 fully saturated rings. The second-order valence-corrected chi connectivity index (χ2v) is 4.10. The van der Waals surface area contributed by atoms with Crippen molar-refractivity contribution in [3.63, 3.8) is 0 Å². The molecule has 0 radical (unpaired) electrons. The molecule has 1 rings (SSSR count). The number of carbonyl (C=O) groups is 1. The van der Waals surface area contributed by atoms with E-state index in [0.29, 0.717) is 0 Å². The van der Waals surface area contributed by atoms with Crippen LogP contribution in [0.1, 0.15) is 18.9 Å². The molecule has 0 aliphatic carbocycles. The maximum absolute atomic E-state index is 13.0. The lowest BCUT2D eigenvalue weighted by Gasteiger charge is -2.24. The highest BCUT2D eigenvalue weighted by Crippen LogP contribution is 2.31. The van der Waals surface area contributed by atoms with Gasteiger partial charge in [-0.2, -0.15) is 0 Å². The number of benzene rings is 1. The van der Waals surface area contributed by atoms with Gasteiger partial charge in [0.2, 0.25) is 5.24 Å². The first kappa shape index (κ1) is 12.8. The first-order chi connectivity index (χ1) is 7.40. The van der Waals surface area contributed by atoms with Gasteiger partial charge in [-0.3, -0.25) is 4.79 Å². The summed E-state index contributed by atoms with van der Waals surface area (Å²) in [6.07, 6.45) is 1.71.